The molecule has 5 nitrogen and oxygen atoms in total. The fraction of sp³-hybridized carbons (Fsp3) is 0.471. The number of halogens is 3. The molecule has 1 aliphatic heterocycles. The highest BCUT2D eigenvalue weighted by molar-refractivity contribution is 7.99. The molecule has 1 aromatic carbocycles. The van der Waals surface area contributed by atoms with Gasteiger partial charge in [-0.25, -0.2) is 9.79 Å². The zero-order valence-corrected chi connectivity index (χ0v) is 15.1. The van der Waals surface area contributed by atoms with E-state index in [-0.39, 0.29) is 12.3 Å². The number of ether oxygens (including phenoxy) is 1. The Morgan fingerprint density at radius 2 is 1.96 bits per heavy atom. The number of carbonyl (C=O) groups excluding carboxylic acids is 2. The minimum atomic E-state index is -4.46. The van der Waals surface area contributed by atoms with Crippen molar-refractivity contribution in [1.29, 1.82) is 0 Å². The average Bonchev–Trinajstić information content (AvgIpc) is 2.57. The summed E-state index contributed by atoms with van der Waals surface area (Å²) in [5.41, 5.74) is -0.151. The molecule has 0 fully saturated rings. The molecular formula is C17H19F3N2O3S. The van der Waals surface area contributed by atoms with E-state index < -0.39 is 35.7 Å². The number of hydrogen-bond acceptors (Lipinski definition) is 4. The van der Waals surface area contributed by atoms with Crippen molar-refractivity contribution in [3.05, 3.63) is 35.4 Å². The summed E-state index contributed by atoms with van der Waals surface area (Å²) in [6.45, 7) is 3.73. The third-order valence-corrected chi connectivity index (χ3v) is 4.73. The number of carbonyl (C=O) groups is 2. The second-order valence-electron chi connectivity index (χ2n) is 5.64. The fourth-order valence-corrected chi connectivity index (χ4v) is 3.11. The summed E-state index contributed by atoms with van der Waals surface area (Å²) >= 11 is 1.62. The van der Waals surface area contributed by atoms with Crippen LogP contribution in [-0.4, -0.2) is 35.8 Å². The van der Waals surface area contributed by atoms with Gasteiger partial charge in [-0.1, -0.05) is 19.1 Å². The molecule has 2 amide bonds. The van der Waals surface area contributed by atoms with Crippen LogP contribution >= 0.6 is 11.8 Å². The molecule has 1 aliphatic rings. The van der Waals surface area contributed by atoms with Gasteiger partial charge < -0.3 is 10.1 Å². The van der Waals surface area contributed by atoms with E-state index in [1.54, 1.807) is 11.8 Å². The summed E-state index contributed by atoms with van der Waals surface area (Å²) in [6.07, 6.45) is -4.46. The van der Waals surface area contributed by atoms with Gasteiger partial charge in [-0.2, -0.15) is 24.9 Å². The Kier molecular flexibility index (Phi) is 6.69. The Balaban J connectivity index is 2.22. The van der Waals surface area contributed by atoms with E-state index in [1.807, 2.05) is 6.92 Å². The first-order chi connectivity index (χ1) is 12.2. The lowest BCUT2D eigenvalue weighted by atomic mass is 9.88. The van der Waals surface area contributed by atoms with Gasteiger partial charge in [-0.3, -0.25) is 4.79 Å². The number of thioether (sulfide) groups is 1. The van der Waals surface area contributed by atoms with E-state index in [9.17, 15) is 22.8 Å². The summed E-state index contributed by atoms with van der Waals surface area (Å²) in [7, 11) is 0. The van der Waals surface area contributed by atoms with Gasteiger partial charge in [-0.15, -0.1) is 0 Å². The zero-order chi connectivity index (χ0) is 19.3. The summed E-state index contributed by atoms with van der Waals surface area (Å²) in [4.78, 5) is 27.9. The van der Waals surface area contributed by atoms with E-state index in [0.717, 1.165) is 17.9 Å². The van der Waals surface area contributed by atoms with E-state index in [1.165, 1.54) is 19.1 Å². The summed E-state index contributed by atoms with van der Waals surface area (Å²) in [5.74, 6) is 0.0951. The van der Waals surface area contributed by atoms with Crippen LogP contribution in [0.15, 0.2) is 29.3 Å². The third-order valence-electron chi connectivity index (χ3n) is 3.87. The lowest BCUT2D eigenvalue weighted by Gasteiger charge is -2.29. The summed E-state index contributed by atoms with van der Waals surface area (Å²) in [5, 5.41) is 2.54. The molecular weight excluding hydrogens is 369 g/mol. The molecule has 2 atom stereocenters. The lowest BCUT2D eigenvalue weighted by molar-refractivity contribution is -0.146. The molecule has 142 valence electrons. The van der Waals surface area contributed by atoms with Gasteiger partial charge >= 0.3 is 18.2 Å². The summed E-state index contributed by atoms with van der Waals surface area (Å²) in [6, 6.07) is 2.87. The van der Waals surface area contributed by atoms with Crippen molar-refractivity contribution >= 4 is 29.5 Å². The van der Waals surface area contributed by atoms with Crippen LogP contribution in [0.5, 0.6) is 0 Å². The Morgan fingerprint density at radius 1 is 1.31 bits per heavy atom. The highest BCUT2D eigenvalue weighted by atomic mass is 32.2. The molecule has 2 rings (SSSR count). The highest BCUT2D eigenvalue weighted by Gasteiger charge is 2.38. The molecule has 0 saturated heterocycles. The third kappa shape index (κ3) is 5.00. The van der Waals surface area contributed by atoms with Gasteiger partial charge in [-0.05, 0) is 30.4 Å². The fourth-order valence-electron chi connectivity index (χ4n) is 2.62. The van der Waals surface area contributed by atoms with Crippen LogP contribution in [0.3, 0.4) is 0 Å². The number of hydrogen-bond donors (Lipinski definition) is 1. The maximum absolute atomic E-state index is 12.7. The molecule has 0 spiro atoms. The standard InChI is InChI=1S/C17H19F3N2O3S/c1-3-26-9-8-25-15(23)13-10(2)21-16(24)22-14(13)11-4-6-12(7-5-11)17(18,19)20/h4-7,13-14H,3,8-9H2,1-2H3,(H,22,24). The van der Waals surface area contributed by atoms with Crippen molar-refractivity contribution in [3.8, 4) is 0 Å². The topological polar surface area (TPSA) is 67.8 Å². The quantitative estimate of drug-likeness (QED) is 0.594. The number of amides is 2. The number of alkyl halides is 3. The van der Waals surface area contributed by atoms with Crippen LogP contribution in [-0.2, 0) is 15.7 Å². The number of urea groups is 1. The van der Waals surface area contributed by atoms with Crippen molar-refractivity contribution in [2.75, 3.05) is 18.1 Å². The van der Waals surface area contributed by atoms with Gasteiger partial charge in [0.25, 0.3) is 0 Å². The molecule has 0 bridgehead atoms. The van der Waals surface area contributed by atoms with Gasteiger partial charge in [0.15, 0.2) is 0 Å². The lowest BCUT2D eigenvalue weighted by Crippen LogP contribution is -2.44. The molecule has 26 heavy (non-hydrogen) atoms. The van der Waals surface area contributed by atoms with E-state index in [2.05, 4.69) is 10.3 Å². The SMILES string of the molecule is CCSCCOC(=O)C1C(C)=NC(=O)NC1c1ccc(C(F)(F)F)cc1. The van der Waals surface area contributed by atoms with Gasteiger partial charge in [0.2, 0.25) is 0 Å². The smallest absolute Gasteiger partial charge is 0.416 e. The molecule has 1 aromatic rings. The predicted molar refractivity (Wildman–Crippen MR) is 93.3 cm³/mol. The molecule has 0 aliphatic carbocycles. The largest absolute Gasteiger partial charge is 0.464 e. The molecule has 9 heteroatoms. The number of esters is 1. The normalized spacial score (nSPS) is 20.3. The molecule has 0 radical (unpaired) electrons. The van der Waals surface area contributed by atoms with E-state index in [0.29, 0.717) is 11.3 Å². The van der Waals surface area contributed by atoms with Crippen molar-refractivity contribution in [1.82, 2.24) is 5.32 Å². The second-order valence-corrected chi connectivity index (χ2v) is 7.04. The van der Waals surface area contributed by atoms with Crippen molar-refractivity contribution in [3.63, 3.8) is 0 Å². The number of nitrogens with zero attached hydrogens (tertiary/aromatic N) is 1. The van der Waals surface area contributed by atoms with Crippen molar-refractivity contribution < 1.29 is 27.5 Å². The average molecular weight is 388 g/mol. The highest BCUT2D eigenvalue weighted by Crippen LogP contribution is 2.32. The number of rotatable bonds is 6. The van der Waals surface area contributed by atoms with Gasteiger partial charge in [0, 0.05) is 11.5 Å². The Labute approximate surface area is 153 Å². The van der Waals surface area contributed by atoms with Gasteiger partial charge in [0.05, 0.1) is 11.6 Å². The zero-order valence-electron chi connectivity index (χ0n) is 14.3. The first-order valence-electron chi connectivity index (χ1n) is 8.01. The maximum atomic E-state index is 12.7. The molecule has 2 unspecified atom stereocenters. The van der Waals surface area contributed by atoms with Crippen molar-refractivity contribution in [2.45, 2.75) is 26.1 Å². The molecule has 1 N–H and O–H groups in total. The number of nitrogens with one attached hydrogen (secondary N) is 1. The van der Waals surface area contributed by atoms with E-state index >= 15 is 0 Å². The Bertz CT molecular complexity index is 689. The summed E-state index contributed by atoms with van der Waals surface area (Å²) < 4.78 is 43.4. The number of benzene rings is 1. The predicted octanol–water partition coefficient (Wildman–Crippen LogP) is 3.84. The molecule has 1 heterocycles. The number of aliphatic imine (C=N–C) groups is 1. The second kappa shape index (κ2) is 8.57. The minimum Gasteiger partial charge on any atom is -0.464 e. The van der Waals surface area contributed by atoms with Crippen LogP contribution in [0.1, 0.15) is 31.0 Å². The minimum absolute atomic E-state index is 0.217. The van der Waals surface area contributed by atoms with E-state index in [4.69, 9.17) is 4.74 Å². The van der Waals surface area contributed by atoms with Crippen LogP contribution in [0.2, 0.25) is 0 Å². The molecule has 0 aromatic heterocycles. The Morgan fingerprint density at radius 3 is 2.54 bits per heavy atom. The van der Waals surface area contributed by atoms with Crippen molar-refractivity contribution in [2.24, 2.45) is 10.9 Å². The van der Waals surface area contributed by atoms with Gasteiger partial charge in [0.1, 0.15) is 12.5 Å². The van der Waals surface area contributed by atoms with Crippen LogP contribution in [0.4, 0.5) is 18.0 Å². The van der Waals surface area contributed by atoms with Crippen LogP contribution in [0, 0.1) is 5.92 Å². The Hall–Kier alpha value is -2.03. The molecule has 0 saturated carbocycles. The first kappa shape index (κ1) is 20.3. The van der Waals surface area contributed by atoms with Crippen LogP contribution < -0.4 is 5.32 Å². The maximum Gasteiger partial charge on any atom is 0.416 e. The first-order valence-corrected chi connectivity index (χ1v) is 9.16. The van der Waals surface area contributed by atoms with Crippen LogP contribution in [0.25, 0.3) is 0 Å². The monoisotopic (exact) mass is 388 g/mol.